The summed E-state index contributed by atoms with van der Waals surface area (Å²) in [4.78, 5) is 18.1. The number of fused-ring (bicyclic) bond motifs is 1. The van der Waals surface area contributed by atoms with Gasteiger partial charge in [0.2, 0.25) is 0 Å². The quantitative estimate of drug-likeness (QED) is 0.880. The molecule has 1 atom stereocenters. The predicted octanol–water partition coefficient (Wildman–Crippen LogP) is 2.52. The lowest BCUT2D eigenvalue weighted by Crippen LogP contribution is -2.60. The fraction of sp³-hybridized carbons (Fsp3) is 0.455. The lowest BCUT2D eigenvalue weighted by Gasteiger charge is -2.55. The maximum absolute atomic E-state index is 11.2. The predicted molar refractivity (Wildman–Crippen MR) is 105 cm³/mol. The number of piperidine rings is 1. The molecule has 0 radical (unpaired) electrons. The van der Waals surface area contributed by atoms with E-state index < -0.39 is 5.91 Å². The second kappa shape index (κ2) is 6.43. The van der Waals surface area contributed by atoms with Gasteiger partial charge in [0.05, 0.1) is 0 Å². The molecule has 2 aliphatic heterocycles. The largest absolute Gasteiger partial charge is 0.364 e. The maximum atomic E-state index is 11.2. The smallest absolute Gasteiger partial charge is 0.267 e. The maximum Gasteiger partial charge on any atom is 0.267 e. The lowest BCUT2D eigenvalue weighted by atomic mass is 9.71. The van der Waals surface area contributed by atoms with Gasteiger partial charge in [-0.25, -0.2) is 0 Å². The Hall–Kier alpha value is -2.24. The molecular weight excluding hydrogens is 336 g/mol. The van der Waals surface area contributed by atoms with E-state index in [0.29, 0.717) is 17.2 Å². The van der Waals surface area contributed by atoms with E-state index in [9.17, 15) is 4.79 Å². The van der Waals surface area contributed by atoms with Crippen LogP contribution in [0.25, 0.3) is 11.1 Å². The third-order valence-corrected chi connectivity index (χ3v) is 6.72. The first-order chi connectivity index (χ1) is 13.1. The molecule has 1 aliphatic carbocycles. The van der Waals surface area contributed by atoms with E-state index in [2.05, 4.69) is 33.4 Å². The SMILES string of the molecule is NC(=O)c1ccc(-c2ccc3c(c2)CC[C@H]3N2CC3(CCNCC3)C2)cn1. The molecule has 2 fully saturated rings. The number of hydrogen-bond acceptors (Lipinski definition) is 4. The van der Waals surface area contributed by atoms with Gasteiger partial charge in [-0.05, 0) is 66.9 Å². The van der Waals surface area contributed by atoms with Gasteiger partial charge in [0.1, 0.15) is 5.69 Å². The summed E-state index contributed by atoms with van der Waals surface area (Å²) in [7, 11) is 0. The number of aryl methyl sites for hydroxylation is 1. The third-order valence-electron chi connectivity index (χ3n) is 6.72. The Morgan fingerprint density at radius 2 is 1.93 bits per heavy atom. The third kappa shape index (κ3) is 2.95. The topological polar surface area (TPSA) is 71.2 Å². The van der Waals surface area contributed by atoms with Crippen molar-refractivity contribution in [3.8, 4) is 11.1 Å². The van der Waals surface area contributed by atoms with Crippen LogP contribution in [-0.2, 0) is 6.42 Å². The number of nitrogens with two attached hydrogens (primary N) is 1. The molecule has 0 unspecified atom stereocenters. The van der Waals surface area contributed by atoms with Crippen LogP contribution >= 0.6 is 0 Å². The summed E-state index contributed by atoms with van der Waals surface area (Å²) in [6.45, 7) is 4.89. The second-order valence-corrected chi connectivity index (χ2v) is 8.42. The monoisotopic (exact) mass is 362 g/mol. The van der Waals surface area contributed by atoms with Gasteiger partial charge >= 0.3 is 0 Å². The summed E-state index contributed by atoms with van der Waals surface area (Å²) in [6, 6.07) is 11.0. The fourth-order valence-electron chi connectivity index (χ4n) is 5.17. The van der Waals surface area contributed by atoms with E-state index >= 15 is 0 Å². The van der Waals surface area contributed by atoms with Crippen LogP contribution < -0.4 is 11.1 Å². The first-order valence-corrected chi connectivity index (χ1v) is 9.97. The number of benzene rings is 1. The van der Waals surface area contributed by atoms with E-state index in [0.717, 1.165) is 17.5 Å². The van der Waals surface area contributed by atoms with Gasteiger partial charge in [0, 0.05) is 30.9 Å². The lowest BCUT2D eigenvalue weighted by molar-refractivity contribution is -0.0512. The van der Waals surface area contributed by atoms with Gasteiger partial charge in [-0.3, -0.25) is 14.7 Å². The molecule has 1 aromatic carbocycles. The van der Waals surface area contributed by atoms with Crippen LogP contribution in [0.4, 0.5) is 0 Å². The van der Waals surface area contributed by atoms with Crippen molar-refractivity contribution in [2.75, 3.05) is 26.2 Å². The van der Waals surface area contributed by atoms with E-state index in [1.54, 1.807) is 12.3 Å². The molecule has 3 N–H and O–H groups in total. The minimum Gasteiger partial charge on any atom is -0.364 e. The normalized spacial score (nSPS) is 23.8. The van der Waals surface area contributed by atoms with Gasteiger partial charge < -0.3 is 11.1 Å². The Kier molecular flexibility index (Phi) is 4.02. The number of nitrogens with one attached hydrogen (secondary N) is 1. The highest BCUT2D eigenvalue weighted by Gasteiger charge is 2.46. The van der Waals surface area contributed by atoms with Crippen LogP contribution in [0.5, 0.6) is 0 Å². The number of carbonyl (C=O) groups excluding carboxylic acids is 1. The van der Waals surface area contributed by atoms with Crippen LogP contribution in [0, 0.1) is 5.41 Å². The number of carbonyl (C=O) groups is 1. The van der Waals surface area contributed by atoms with Crippen LogP contribution in [-0.4, -0.2) is 42.0 Å². The van der Waals surface area contributed by atoms with Crippen molar-refractivity contribution < 1.29 is 4.79 Å². The molecule has 27 heavy (non-hydrogen) atoms. The Morgan fingerprint density at radius 3 is 2.63 bits per heavy atom. The van der Waals surface area contributed by atoms with Crippen LogP contribution in [0.3, 0.4) is 0 Å². The Balaban J connectivity index is 1.33. The van der Waals surface area contributed by atoms with Crippen molar-refractivity contribution in [2.24, 2.45) is 11.1 Å². The van der Waals surface area contributed by atoms with Crippen molar-refractivity contribution in [2.45, 2.75) is 31.7 Å². The minimum atomic E-state index is -0.487. The molecule has 3 heterocycles. The van der Waals surface area contributed by atoms with Crippen LogP contribution in [0.15, 0.2) is 36.5 Å². The fourth-order valence-corrected chi connectivity index (χ4v) is 5.17. The summed E-state index contributed by atoms with van der Waals surface area (Å²) in [6.07, 6.45) is 6.77. The highest BCUT2D eigenvalue weighted by atomic mass is 16.1. The number of likely N-dealkylation sites (tertiary alicyclic amines) is 1. The van der Waals surface area contributed by atoms with E-state index in [4.69, 9.17) is 5.73 Å². The van der Waals surface area contributed by atoms with Crippen LogP contribution in [0.2, 0.25) is 0 Å². The first-order valence-electron chi connectivity index (χ1n) is 9.97. The number of amides is 1. The Morgan fingerprint density at radius 1 is 1.15 bits per heavy atom. The molecule has 3 aliphatic rings. The summed E-state index contributed by atoms with van der Waals surface area (Å²) in [5.41, 5.74) is 11.3. The van der Waals surface area contributed by atoms with Crippen molar-refractivity contribution in [3.63, 3.8) is 0 Å². The van der Waals surface area contributed by atoms with E-state index in [1.165, 1.54) is 56.6 Å². The standard InChI is InChI=1S/C22H26N4O/c23-21(27)19-5-2-17(12-25-19)15-1-4-18-16(11-15)3-6-20(18)26-13-22(14-26)7-9-24-10-8-22/h1-2,4-5,11-12,20,24H,3,6-10,13-14H2,(H2,23,27)/t20-/m1/s1. The number of primary amides is 1. The molecule has 5 nitrogen and oxygen atoms in total. The Labute approximate surface area is 160 Å². The molecule has 1 aromatic heterocycles. The van der Waals surface area contributed by atoms with Crippen molar-refractivity contribution in [1.82, 2.24) is 15.2 Å². The number of hydrogen-bond donors (Lipinski definition) is 2. The summed E-state index contributed by atoms with van der Waals surface area (Å²) in [5, 5.41) is 3.49. The molecule has 2 aromatic rings. The van der Waals surface area contributed by atoms with Crippen molar-refractivity contribution in [3.05, 3.63) is 53.3 Å². The molecule has 5 heteroatoms. The summed E-state index contributed by atoms with van der Waals surface area (Å²) < 4.78 is 0. The molecule has 5 rings (SSSR count). The van der Waals surface area contributed by atoms with Gasteiger partial charge in [0.25, 0.3) is 5.91 Å². The summed E-state index contributed by atoms with van der Waals surface area (Å²) in [5.74, 6) is -0.487. The molecular formula is C22H26N4O. The minimum absolute atomic E-state index is 0.310. The Bertz CT molecular complexity index is 862. The number of pyridine rings is 1. The van der Waals surface area contributed by atoms with E-state index in [-0.39, 0.29) is 0 Å². The average Bonchev–Trinajstić information content (AvgIpc) is 3.09. The number of rotatable bonds is 3. The number of nitrogens with zero attached hydrogens (tertiary/aromatic N) is 2. The van der Waals surface area contributed by atoms with Gasteiger partial charge in [-0.2, -0.15) is 0 Å². The molecule has 0 bridgehead atoms. The average molecular weight is 362 g/mol. The molecule has 1 amide bonds. The number of aromatic nitrogens is 1. The molecule has 2 saturated heterocycles. The zero-order valence-corrected chi connectivity index (χ0v) is 15.6. The van der Waals surface area contributed by atoms with Gasteiger partial charge in [0.15, 0.2) is 0 Å². The second-order valence-electron chi connectivity index (χ2n) is 8.42. The van der Waals surface area contributed by atoms with Crippen LogP contribution in [0.1, 0.15) is 46.9 Å². The van der Waals surface area contributed by atoms with Crippen molar-refractivity contribution in [1.29, 1.82) is 0 Å². The highest BCUT2D eigenvalue weighted by molar-refractivity contribution is 5.91. The molecule has 140 valence electrons. The van der Waals surface area contributed by atoms with Crippen molar-refractivity contribution >= 4 is 5.91 Å². The first kappa shape index (κ1) is 16.9. The zero-order chi connectivity index (χ0) is 18.4. The summed E-state index contributed by atoms with van der Waals surface area (Å²) >= 11 is 0. The zero-order valence-electron chi connectivity index (χ0n) is 15.6. The molecule has 0 saturated carbocycles. The molecule has 1 spiro atoms. The van der Waals surface area contributed by atoms with E-state index in [1.807, 2.05) is 6.07 Å². The van der Waals surface area contributed by atoms with Gasteiger partial charge in [-0.15, -0.1) is 0 Å². The van der Waals surface area contributed by atoms with Gasteiger partial charge in [-0.1, -0.05) is 24.3 Å². The highest BCUT2D eigenvalue weighted by Crippen LogP contribution is 2.47.